The Bertz CT molecular complexity index is 975. The third-order valence-corrected chi connectivity index (χ3v) is 6.93. The Labute approximate surface area is 179 Å². The molecular formula is C22H25N3O2S2. The second kappa shape index (κ2) is 9.63. The van der Waals surface area contributed by atoms with Crippen LogP contribution in [0, 0.1) is 0 Å². The molecule has 1 fully saturated rings. The zero-order chi connectivity index (χ0) is 20.1. The number of ether oxygens (including phenoxy) is 1. The Kier molecular flexibility index (Phi) is 6.71. The monoisotopic (exact) mass is 427 g/mol. The van der Waals surface area contributed by atoms with E-state index in [2.05, 4.69) is 30.0 Å². The van der Waals surface area contributed by atoms with Crippen molar-refractivity contribution in [3.8, 4) is 0 Å². The van der Waals surface area contributed by atoms with Gasteiger partial charge in [-0.3, -0.25) is 14.6 Å². The van der Waals surface area contributed by atoms with Gasteiger partial charge in [0.25, 0.3) is 5.91 Å². The molecule has 1 aliphatic heterocycles. The van der Waals surface area contributed by atoms with Crippen molar-refractivity contribution >= 4 is 50.0 Å². The molecule has 0 N–H and O–H groups in total. The molecule has 0 atom stereocenters. The summed E-state index contributed by atoms with van der Waals surface area (Å²) in [6.07, 6.45) is 4.48. The van der Waals surface area contributed by atoms with Gasteiger partial charge in [0.05, 0.1) is 23.4 Å². The summed E-state index contributed by atoms with van der Waals surface area (Å²) in [6.45, 7) is 6.91. The first kappa shape index (κ1) is 20.2. The molecule has 0 bridgehead atoms. The molecule has 0 aliphatic carbocycles. The van der Waals surface area contributed by atoms with Crippen molar-refractivity contribution in [1.29, 1.82) is 0 Å². The van der Waals surface area contributed by atoms with Crippen LogP contribution in [0.5, 0.6) is 0 Å². The highest BCUT2D eigenvalue weighted by molar-refractivity contribution is 7.22. The van der Waals surface area contributed by atoms with E-state index >= 15 is 0 Å². The van der Waals surface area contributed by atoms with Crippen LogP contribution in [0.15, 0.2) is 41.8 Å². The second-order valence-electron chi connectivity index (χ2n) is 6.91. The van der Waals surface area contributed by atoms with Crippen molar-refractivity contribution in [2.75, 3.05) is 44.3 Å². The SMILES string of the molecule is CCc1cccc2sc(N(CCN3CCOCC3)C(=O)/C=C/c3cccs3)nc12. The van der Waals surface area contributed by atoms with Gasteiger partial charge in [-0.2, -0.15) is 0 Å². The van der Waals surface area contributed by atoms with E-state index in [4.69, 9.17) is 9.72 Å². The average molecular weight is 428 g/mol. The first-order chi connectivity index (χ1) is 14.2. The maximum absolute atomic E-state index is 13.1. The van der Waals surface area contributed by atoms with Crippen LogP contribution in [-0.2, 0) is 16.0 Å². The van der Waals surface area contributed by atoms with E-state index in [0.717, 1.165) is 59.5 Å². The lowest BCUT2D eigenvalue weighted by Crippen LogP contribution is -2.42. The Morgan fingerprint density at radius 1 is 1.28 bits per heavy atom. The maximum atomic E-state index is 13.1. The van der Waals surface area contributed by atoms with Crippen molar-refractivity contribution in [3.05, 3.63) is 52.2 Å². The molecule has 0 saturated carbocycles. The number of amides is 1. The topological polar surface area (TPSA) is 45.7 Å². The molecular weight excluding hydrogens is 402 g/mol. The van der Waals surface area contributed by atoms with Crippen molar-refractivity contribution in [1.82, 2.24) is 9.88 Å². The Hall–Kier alpha value is -2.06. The highest BCUT2D eigenvalue weighted by Crippen LogP contribution is 2.31. The zero-order valence-electron chi connectivity index (χ0n) is 16.5. The van der Waals surface area contributed by atoms with Crippen LogP contribution in [0.3, 0.4) is 0 Å². The standard InChI is InChI=1S/C22H25N3O2S2/c1-2-17-5-3-7-19-21(17)23-22(29-19)25(11-10-24-12-14-27-15-13-24)20(26)9-8-18-6-4-16-28-18/h3-9,16H,2,10-15H2,1H3/b9-8+. The number of aromatic nitrogens is 1. The number of nitrogens with zero attached hydrogens (tertiary/aromatic N) is 3. The molecule has 0 radical (unpaired) electrons. The van der Waals surface area contributed by atoms with Crippen molar-refractivity contribution < 1.29 is 9.53 Å². The predicted octanol–water partition coefficient (Wildman–Crippen LogP) is 4.30. The van der Waals surface area contributed by atoms with Crippen molar-refractivity contribution in [2.24, 2.45) is 0 Å². The number of carbonyl (C=O) groups excluding carboxylic acids is 1. The van der Waals surface area contributed by atoms with Crippen LogP contribution >= 0.6 is 22.7 Å². The molecule has 1 aromatic carbocycles. The number of thiophene rings is 1. The number of fused-ring (bicyclic) bond motifs is 1. The number of carbonyl (C=O) groups is 1. The van der Waals surface area contributed by atoms with Gasteiger partial charge in [-0.25, -0.2) is 4.98 Å². The van der Waals surface area contributed by atoms with Crippen molar-refractivity contribution in [3.63, 3.8) is 0 Å². The minimum absolute atomic E-state index is 0.0243. The Morgan fingerprint density at radius 2 is 2.14 bits per heavy atom. The first-order valence-electron chi connectivity index (χ1n) is 9.96. The zero-order valence-corrected chi connectivity index (χ0v) is 18.2. The van der Waals surface area contributed by atoms with Crippen LogP contribution in [0.1, 0.15) is 17.4 Å². The molecule has 1 amide bonds. The maximum Gasteiger partial charge on any atom is 0.252 e. The number of aryl methyl sites for hydroxylation is 1. The number of rotatable bonds is 7. The Morgan fingerprint density at radius 3 is 2.90 bits per heavy atom. The largest absolute Gasteiger partial charge is 0.379 e. The molecule has 5 nitrogen and oxygen atoms in total. The molecule has 3 aromatic rings. The number of benzene rings is 1. The summed E-state index contributed by atoms with van der Waals surface area (Å²) >= 11 is 3.22. The van der Waals surface area contributed by atoms with Gasteiger partial charge in [-0.1, -0.05) is 36.5 Å². The number of thiazole rings is 1. The lowest BCUT2D eigenvalue weighted by atomic mass is 10.1. The summed E-state index contributed by atoms with van der Waals surface area (Å²) in [7, 11) is 0. The molecule has 152 valence electrons. The minimum atomic E-state index is -0.0243. The quantitative estimate of drug-likeness (QED) is 0.528. The van der Waals surface area contributed by atoms with E-state index in [-0.39, 0.29) is 5.91 Å². The van der Waals surface area contributed by atoms with Gasteiger partial charge in [0.1, 0.15) is 0 Å². The van der Waals surface area contributed by atoms with Crippen LogP contribution in [0.4, 0.5) is 5.13 Å². The minimum Gasteiger partial charge on any atom is -0.379 e. The van der Waals surface area contributed by atoms with E-state index in [1.165, 1.54) is 5.56 Å². The molecule has 4 rings (SSSR count). The van der Waals surface area contributed by atoms with Gasteiger partial charge >= 0.3 is 0 Å². The average Bonchev–Trinajstić information content (AvgIpc) is 3.42. The molecule has 0 unspecified atom stereocenters. The summed E-state index contributed by atoms with van der Waals surface area (Å²) in [5.74, 6) is -0.0243. The number of para-hydroxylation sites is 1. The number of hydrogen-bond acceptors (Lipinski definition) is 6. The fraction of sp³-hybridized carbons (Fsp3) is 0.364. The lowest BCUT2D eigenvalue weighted by molar-refractivity contribution is -0.114. The van der Waals surface area contributed by atoms with Crippen LogP contribution < -0.4 is 4.90 Å². The smallest absolute Gasteiger partial charge is 0.252 e. The summed E-state index contributed by atoms with van der Waals surface area (Å²) < 4.78 is 6.57. The highest BCUT2D eigenvalue weighted by atomic mass is 32.1. The second-order valence-corrected chi connectivity index (χ2v) is 8.89. The fourth-order valence-electron chi connectivity index (χ4n) is 3.39. The molecule has 7 heteroatoms. The van der Waals surface area contributed by atoms with Crippen molar-refractivity contribution in [2.45, 2.75) is 13.3 Å². The van der Waals surface area contributed by atoms with Gasteiger partial charge in [0.15, 0.2) is 5.13 Å². The van der Waals surface area contributed by atoms with Gasteiger partial charge < -0.3 is 4.74 Å². The molecule has 0 spiro atoms. The summed E-state index contributed by atoms with van der Waals surface area (Å²) in [5, 5.41) is 2.79. The number of morpholine rings is 1. The molecule has 1 aliphatic rings. The predicted molar refractivity (Wildman–Crippen MR) is 122 cm³/mol. The normalized spacial score (nSPS) is 15.3. The summed E-state index contributed by atoms with van der Waals surface area (Å²) in [4.78, 5) is 23.2. The van der Waals surface area contributed by atoms with E-state index in [1.807, 2.05) is 28.5 Å². The van der Waals surface area contributed by atoms with Crippen LogP contribution in [0.2, 0.25) is 0 Å². The number of anilines is 1. The van der Waals surface area contributed by atoms with E-state index in [9.17, 15) is 4.79 Å². The highest BCUT2D eigenvalue weighted by Gasteiger charge is 2.20. The van der Waals surface area contributed by atoms with Gasteiger partial charge in [0, 0.05) is 37.1 Å². The van der Waals surface area contributed by atoms with E-state index in [0.29, 0.717) is 6.54 Å². The van der Waals surface area contributed by atoms with E-state index in [1.54, 1.807) is 28.7 Å². The lowest BCUT2D eigenvalue weighted by Gasteiger charge is -2.28. The van der Waals surface area contributed by atoms with E-state index < -0.39 is 0 Å². The number of hydrogen-bond donors (Lipinski definition) is 0. The van der Waals surface area contributed by atoms with Gasteiger partial charge in [-0.15, -0.1) is 11.3 Å². The Balaban J connectivity index is 1.59. The molecule has 3 heterocycles. The van der Waals surface area contributed by atoms with Crippen LogP contribution in [-0.4, -0.2) is 55.2 Å². The third-order valence-electron chi connectivity index (χ3n) is 5.05. The third kappa shape index (κ3) is 4.93. The fourth-order valence-corrected chi connectivity index (χ4v) is 5.05. The molecule has 1 saturated heterocycles. The summed E-state index contributed by atoms with van der Waals surface area (Å²) in [6, 6.07) is 10.3. The van der Waals surface area contributed by atoms with Gasteiger partial charge in [0.2, 0.25) is 0 Å². The first-order valence-corrected chi connectivity index (χ1v) is 11.7. The van der Waals surface area contributed by atoms with Gasteiger partial charge in [-0.05, 0) is 35.6 Å². The van der Waals surface area contributed by atoms with Crippen LogP contribution in [0.25, 0.3) is 16.3 Å². The molecule has 2 aromatic heterocycles. The summed E-state index contributed by atoms with van der Waals surface area (Å²) in [5.41, 5.74) is 2.24. The molecule has 29 heavy (non-hydrogen) atoms.